The maximum Gasteiger partial charge on any atom is 0.289 e. The number of piperazine rings is 2. The summed E-state index contributed by atoms with van der Waals surface area (Å²) in [7, 11) is 0. The molecule has 0 spiro atoms. The molecule has 0 aliphatic carbocycles. The van der Waals surface area contributed by atoms with E-state index in [1.54, 1.807) is 17.0 Å². The predicted octanol–water partition coefficient (Wildman–Crippen LogP) is 1.01. The van der Waals surface area contributed by atoms with Crippen molar-refractivity contribution in [2.45, 2.75) is 26.3 Å². The number of hydrogen-bond donors (Lipinski definition) is 2. The molecule has 35 heavy (non-hydrogen) atoms. The van der Waals surface area contributed by atoms with Crippen LogP contribution in [0.15, 0.2) is 41.0 Å². The van der Waals surface area contributed by atoms with Crippen LogP contribution in [0.2, 0.25) is 0 Å². The Hall–Kier alpha value is -3.66. The highest BCUT2D eigenvalue weighted by Crippen LogP contribution is 2.17. The lowest BCUT2D eigenvalue weighted by Crippen LogP contribution is -2.60. The molecular formula is C25H31N5O5. The topological polar surface area (TPSA) is 115 Å². The number of nitrogens with one attached hydrogen (secondary N) is 2. The molecule has 4 rings (SSSR count). The van der Waals surface area contributed by atoms with E-state index >= 15 is 0 Å². The number of carbonyl (C=O) groups excluding carboxylic acids is 4. The minimum Gasteiger partial charge on any atom is -0.459 e. The Morgan fingerprint density at radius 3 is 2.43 bits per heavy atom. The second-order valence-electron chi connectivity index (χ2n) is 9.07. The average molecular weight is 482 g/mol. The fourth-order valence-corrected chi connectivity index (χ4v) is 4.60. The first-order valence-electron chi connectivity index (χ1n) is 11.8. The van der Waals surface area contributed by atoms with E-state index in [-0.39, 0.29) is 36.6 Å². The Balaban J connectivity index is 1.32. The molecule has 10 heteroatoms. The van der Waals surface area contributed by atoms with Crippen LogP contribution >= 0.6 is 0 Å². The van der Waals surface area contributed by atoms with Crippen molar-refractivity contribution in [1.82, 2.24) is 20.0 Å². The highest BCUT2D eigenvalue weighted by atomic mass is 16.3. The second kappa shape index (κ2) is 10.7. The summed E-state index contributed by atoms with van der Waals surface area (Å²) in [4.78, 5) is 56.0. The van der Waals surface area contributed by atoms with Gasteiger partial charge in [0, 0.05) is 45.0 Å². The van der Waals surface area contributed by atoms with Gasteiger partial charge in [0.15, 0.2) is 5.76 Å². The lowest BCUT2D eigenvalue weighted by Gasteiger charge is -2.38. The van der Waals surface area contributed by atoms with E-state index in [2.05, 4.69) is 10.6 Å². The molecule has 0 radical (unpaired) electrons. The molecule has 0 bridgehead atoms. The Bertz CT molecular complexity index is 1070. The summed E-state index contributed by atoms with van der Waals surface area (Å²) in [5.74, 6) is -0.705. The fourth-order valence-electron chi connectivity index (χ4n) is 4.60. The van der Waals surface area contributed by atoms with Crippen LogP contribution in [0.3, 0.4) is 0 Å². The van der Waals surface area contributed by atoms with Gasteiger partial charge < -0.3 is 24.9 Å². The van der Waals surface area contributed by atoms with Crippen molar-refractivity contribution in [2.24, 2.45) is 0 Å². The molecule has 1 aromatic carbocycles. The Labute approximate surface area is 204 Å². The molecule has 2 fully saturated rings. The summed E-state index contributed by atoms with van der Waals surface area (Å²) in [6.45, 7) is 6.77. The van der Waals surface area contributed by atoms with Crippen molar-refractivity contribution in [2.75, 3.05) is 51.1 Å². The normalized spacial score (nSPS) is 18.8. The molecule has 2 saturated heterocycles. The number of anilines is 1. The monoisotopic (exact) mass is 481 g/mol. The smallest absolute Gasteiger partial charge is 0.289 e. The summed E-state index contributed by atoms with van der Waals surface area (Å²) in [5, 5.41) is 5.61. The number of aryl methyl sites for hydroxylation is 2. The first kappa shape index (κ1) is 24.5. The van der Waals surface area contributed by atoms with Gasteiger partial charge in [-0.05, 0) is 49.2 Å². The summed E-state index contributed by atoms with van der Waals surface area (Å²) in [5.41, 5.74) is 2.72. The zero-order valence-electron chi connectivity index (χ0n) is 20.1. The molecular weight excluding hydrogens is 450 g/mol. The van der Waals surface area contributed by atoms with Crippen molar-refractivity contribution in [3.63, 3.8) is 0 Å². The number of benzene rings is 1. The van der Waals surface area contributed by atoms with Gasteiger partial charge in [0.1, 0.15) is 6.04 Å². The van der Waals surface area contributed by atoms with Gasteiger partial charge in [0.05, 0.1) is 19.2 Å². The maximum absolute atomic E-state index is 13.1. The van der Waals surface area contributed by atoms with Crippen molar-refractivity contribution >= 4 is 29.3 Å². The molecule has 2 N–H and O–H groups in total. The van der Waals surface area contributed by atoms with Gasteiger partial charge in [-0.1, -0.05) is 6.07 Å². The predicted molar refractivity (Wildman–Crippen MR) is 129 cm³/mol. The fraction of sp³-hybridized carbons (Fsp3) is 0.440. The van der Waals surface area contributed by atoms with E-state index in [0.29, 0.717) is 50.7 Å². The van der Waals surface area contributed by atoms with E-state index in [0.717, 1.165) is 11.1 Å². The van der Waals surface area contributed by atoms with E-state index < -0.39 is 6.04 Å². The molecule has 2 aliphatic rings. The highest BCUT2D eigenvalue weighted by molar-refractivity contribution is 5.97. The Morgan fingerprint density at radius 2 is 1.77 bits per heavy atom. The number of nitrogens with zero attached hydrogens (tertiary/aromatic N) is 3. The lowest BCUT2D eigenvalue weighted by molar-refractivity contribution is -0.145. The van der Waals surface area contributed by atoms with Crippen molar-refractivity contribution in [3.8, 4) is 0 Å². The third kappa shape index (κ3) is 6.07. The largest absolute Gasteiger partial charge is 0.459 e. The van der Waals surface area contributed by atoms with Gasteiger partial charge in [0.2, 0.25) is 17.7 Å². The molecule has 186 valence electrons. The minimum absolute atomic E-state index is 0.115. The molecule has 3 heterocycles. The summed E-state index contributed by atoms with van der Waals surface area (Å²) < 4.78 is 5.19. The van der Waals surface area contributed by atoms with E-state index in [9.17, 15) is 19.2 Å². The van der Waals surface area contributed by atoms with Crippen LogP contribution in [-0.2, 0) is 14.4 Å². The molecule has 0 unspecified atom stereocenters. The number of hydrogen-bond acceptors (Lipinski definition) is 6. The number of rotatable bonds is 6. The van der Waals surface area contributed by atoms with Crippen LogP contribution < -0.4 is 10.6 Å². The summed E-state index contributed by atoms with van der Waals surface area (Å²) >= 11 is 0. The second-order valence-corrected chi connectivity index (χ2v) is 9.07. The van der Waals surface area contributed by atoms with Crippen LogP contribution in [-0.4, -0.2) is 90.2 Å². The third-order valence-electron chi connectivity index (χ3n) is 6.29. The standard InChI is InChI=1S/C25H31N5O5/c1-17-12-18(2)14-19(13-17)27-22(31)15-20-24(33)26-5-6-30(20)23(32)16-28-7-9-29(10-8-28)25(34)21-4-3-11-35-21/h3-4,11-14,20H,5-10,15-16H2,1-2H3,(H,26,33)(H,27,31)/t20-/m0/s1. The van der Waals surface area contributed by atoms with Gasteiger partial charge in [-0.3, -0.25) is 24.1 Å². The first-order chi connectivity index (χ1) is 16.8. The van der Waals surface area contributed by atoms with Crippen molar-refractivity contribution in [1.29, 1.82) is 0 Å². The maximum atomic E-state index is 13.1. The Morgan fingerprint density at radius 1 is 1.06 bits per heavy atom. The van der Waals surface area contributed by atoms with Crippen LogP contribution in [0.25, 0.3) is 0 Å². The first-order valence-corrected chi connectivity index (χ1v) is 11.8. The van der Waals surface area contributed by atoms with Crippen LogP contribution in [0.5, 0.6) is 0 Å². The van der Waals surface area contributed by atoms with E-state index in [4.69, 9.17) is 4.42 Å². The molecule has 1 aromatic heterocycles. The van der Waals surface area contributed by atoms with E-state index in [1.165, 1.54) is 11.2 Å². The van der Waals surface area contributed by atoms with Gasteiger partial charge >= 0.3 is 0 Å². The van der Waals surface area contributed by atoms with Crippen molar-refractivity contribution < 1.29 is 23.6 Å². The molecule has 0 saturated carbocycles. The zero-order valence-corrected chi connectivity index (χ0v) is 20.1. The van der Waals surface area contributed by atoms with Gasteiger partial charge in [-0.2, -0.15) is 0 Å². The minimum atomic E-state index is -0.857. The number of furan rings is 1. The molecule has 2 aliphatic heterocycles. The van der Waals surface area contributed by atoms with E-state index in [1.807, 2.05) is 36.9 Å². The molecule has 2 aromatic rings. The van der Waals surface area contributed by atoms with Gasteiger partial charge in [-0.15, -0.1) is 0 Å². The Kier molecular flexibility index (Phi) is 7.50. The lowest BCUT2D eigenvalue weighted by atomic mass is 10.1. The van der Waals surface area contributed by atoms with Gasteiger partial charge in [-0.25, -0.2) is 0 Å². The van der Waals surface area contributed by atoms with Crippen LogP contribution in [0, 0.1) is 13.8 Å². The van der Waals surface area contributed by atoms with Crippen LogP contribution in [0.1, 0.15) is 28.1 Å². The van der Waals surface area contributed by atoms with Gasteiger partial charge in [0.25, 0.3) is 5.91 Å². The SMILES string of the molecule is Cc1cc(C)cc(NC(=O)C[C@H]2C(=O)NCCN2C(=O)CN2CCN(C(=O)c3ccco3)CC2)c1. The highest BCUT2D eigenvalue weighted by Gasteiger charge is 2.35. The molecule has 1 atom stereocenters. The number of amides is 4. The average Bonchev–Trinajstić information content (AvgIpc) is 3.34. The van der Waals surface area contributed by atoms with Crippen molar-refractivity contribution in [3.05, 3.63) is 53.5 Å². The van der Waals surface area contributed by atoms with Crippen LogP contribution in [0.4, 0.5) is 5.69 Å². The quantitative estimate of drug-likeness (QED) is 0.637. The number of carbonyl (C=O) groups is 4. The zero-order chi connectivity index (χ0) is 24.9. The third-order valence-corrected chi connectivity index (χ3v) is 6.29. The molecule has 4 amide bonds. The molecule has 10 nitrogen and oxygen atoms in total. The summed E-state index contributed by atoms with van der Waals surface area (Å²) in [6, 6.07) is 8.20. The summed E-state index contributed by atoms with van der Waals surface area (Å²) in [6.07, 6.45) is 1.35.